The van der Waals surface area contributed by atoms with Crippen molar-refractivity contribution in [3.8, 4) is 11.3 Å². The van der Waals surface area contributed by atoms with Crippen LogP contribution < -0.4 is 4.72 Å². The molecule has 0 aliphatic rings. The molecule has 0 radical (unpaired) electrons. The van der Waals surface area contributed by atoms with Crippen LogP contribution in [0.2, 0.25) is 0 Å². The Labute approximate surface area is 138 Å². The molecule has 0 spiro atoms. The maximum absolute atomic E-state index is 12.5. The highest BCUT2D eigenvalue weighted by molar-refractivity contribution is 7.92. The van der Waals surface area contributed by atoms with E-state index >= 15 is 0 Å². The normalized spacial score (nSPS) is 11.6. The van der Waals surface area contributed by atoms with Gasteiger partial charge in [-0.05, 0) is 26.0 Å². The first kappa shape index (κ1) is 15.7. The molecule has 0 atom stereocenters. The second-order valence-electron chi connectivity index (χ2n) is 5.19. The zero-order valence-corrected chi connectivity index (χ0v) is 14.6. The molecule has 23 heavy (non-hydrogen) atoms. The maximum Gasteiger partial charge on any atom is 0.265 e. The third-order valence-corrected chi connectivity index (χ3v) is 5.55. The van der Waals surface area contributed by atoms with Crippen LogP contribution in [-0.4, -0.2) is 23.2 Å². The van der Waals surface area contributed by atoms with Gasteiger partial charge < -0.3 is 0 Å². The van der Waals surface area contributed by atoms with E-state index < -0.39 is 10.0 Å². The maximum atomic E-state index is 12.5. The van der Waals surface area contributed by atoms with E-state index in [1.165, 1.54) is 10.9 Å². The molecule has 2 heterocycles. The van der Waals surface area contributed by atoms with Crippen LogP contribution in [0.4, 0.5) is 5.69 Å². The lowest BCUT2D eigenvalue weighted by Gasteiger charge is -2.08. The second-order valence-corrected chi connectivity index (χ2v) is 7.90. The zero-order chi connectivity index (χ0) is 16.6. The zero-order valence-electron chi connectivity index (χ0n) is 12.9. The number of rotatable bonds is 4. The van der Waals surface area contributed by atoms with E-state index in [1.807, 2.05) is 18.4 Å². The van der Waals surface area contributed by atoms with Crippen LogP contribution in [0.15, 0.2) is 40.7 Å². The third kappa shape index (κ3) is 3.27. The van der Waals surface area contributed by atoms with Gasteiger partial charge in [-0.1, -0.05) is 12.1 Å². The highest BCUT2D eigenvalue weighted by Crippen LogP contribution is 2.25. The minimum Gasteiger partial charge on any atom is -0.280 e. The topological polar surface area (TPSA) is 76.9 Å². The van der Waals surface area contributed by atoms with E-state index in [2.05, 4.69) is 14.8 Å². The third-order valence-electron chi connectivity index (χ3n) is 3.29. The Morgan fingerprint density at radius 2 is 2.04 bits per heavy atom. The average molecular weight is 348 g/mol. The molecule has 1 N–H and O–H groups in total. The summed E-state index contributed by atoms with van der Waals surface area (Å²) in [4.78, 5) is 4.60. The molecule has 0 bridgehead atoms. The molecule has 8 heteroatoms. The summed E-state index contributed by atoms with van der Waals surface area (Å²) in [7, 11) is -1.98. The largest absolute Gasteiger partial charge is 0.280 e. The van der Waals surface area contributed by atoms with Gasteiger partial charge in [0.25, 0.3) is 10.0 Å². The van der Waals surface area contributed by atoms with Crippen molar-refractivity contribution in [3.05, 3.63) is 46.5 Å². The van der Waals surface area contributed by atoms with Crippen LogP contribution in [-0.2, 0) is 17.1 Å². The number of thiazole rings is 1. The number of hydrogen-bond acceptors (Lipinski definition) is 5. The first-order valence-corrected chi connectivity index (χ1v) is 9.27. The fourth-order valence-corrected chi connectivity index (χ4v) is 4.18. The summed E-state index contributed by atoms with van der Waals surface area (Å²) in [6, 6.07) is 7.20. The summed E-state index contributed by atoms with van der Waals surface area (Å²) in [5.41, 5.74) is 2.67. The van der Waals surface area contributed by atoms with Gasteiger partial charge in [-0.3, -0.25) is 9.40 Å². The molecule has 0 fully saturated rings. The molecular weight excluding hydrogens is 332 g/mol. The quantitative estimate of drug-likeness (QED) is 0.786. The fourth-order valence-electron chi connectivity index (χ4n) is 2.29. The minimum absolute atomic E-state index is 0.176. The highest BCUT2D eigenvalue weighted by atomic mass is 32.2. The SMILES string of the molecule is Cc1nc(-c2cccc(NS(=O)(=O)c3cn(C)nc3C)c2)cs1. The first-order valence-electron chi connectivity index (χ1n) is 6.91. The van der Waals surface area contributed by atoms with Crippen molar-refractivity contribution in [2.45, 2.75) is 18.7 Å². The van der Waals surface area contributed by atoms with Crippen LogP contribution in [0.1, 0.15) is 10.7 Å². The van der Waals surface area contributed by atoms with Gasteiger partial charge in [-0.25, -0.2) is 13.4 Å². The number of nitrogens with zero attached hydrogens (tertiary/aromatic N) is 3. The van der Waals surface area contributed by atoms with Gasteiger partial charge in [-0.2, -0.15) is 5.10 Å². The summed E-state index contributed by atoms with van der Waals surface area (Å²) in [5.74, 6) is 0. The Morgan fingerprint density at radius 3 is 2.65 bits per heavy atom. The molecule has 2 aromatic heterocycles. The number of sulfonamides is 1. The molecule has 0 aliphatic heterocycles. The van der Waals surface area contributed by atoms with Crippen molar-refractivity contribution in [3.63, 3.8) is 0 Å². The standard InChI is InChI=1S/C15H16N4O2S2/c1-10-15(8-19(3)17-10)23(20,21)18-13-6-4-5-12(7-13)14-9-22-11(2)16-14/h4-9,18H,1-3H3. The summed E-state index contributed by atoms with van der Waals surface area (Å²) in [6.45, 7) is 3.61. The Morgan fingerprint density at radius 1 is 1.26 bits per heavy atom. The Hall–Kier alpha value is -2.19. The molecule has 0 unspecified atom stereocenters. The van der Waals surface area contributed by atoms with Gasteiger partial charge in [0, 0.05) is 29.9 Å². The fraction of sp³-hybridized carbons (Fsp3) is 0.200. The molecule has 3 rings (SSSR count). The van der Waals surface area contributed by atoms with E-state index in [4.69, 9.17) is 0 Å². The van der Waals surface area contributed by atoms with Gasteiger partial charge in [0.05, 0.1) is 16.4 Å². The number of aryl methyl sites for hydroxylation is 3. The first-order chi connectivity index (χ1) is 10.8. The van der Waals surface area contributed by atoms with Crippen LogP contribution in [0.5, 0.6) is 0 Å². The molecule has 0 aliphatic carbocycles. The lowest BCUT2D eigenvalue weighted by atomic mass is 10.1. The van der Waals surface area contributed by atoms with Crippen molar-refractivity contribution in [1.82, 2.24) is 14.8 Å². The summed E-state index contributed by atoms with van der Waals surface area (Å²) in [5, 5.41) is 7.00. The molecule has 6 nitrogen and oxygen atoms in total. The molecule has 120 valence electrons. The predicted octanol–water partition coefficient (Wildman–Crippen LogP) is 2.96. The van der Waals surface area contributed by atoms with Crippen molar-refractivity contribution in [1.29, 1.82) is 0 Å². The van der Waals surface area contributed by atoms with E-state index in [-0.39, 0.29) is 4.90 Å². The van der Waals surface area contributed by atoms with Crippen molar-refractivity contribution < 1.29 is 8.42 Å². The Bertz CT molecular complexity index is 958. The predicted molar refractivity (Wildman–Crippen MR) is 91.0 cm³/mol. The monoisotopic (exact) mass is 348 g/mol. The Kier molecular flexibility index (Phi) is 3.95. The summed E-state index contributed by atoms with van der Waals surface area (Å²) >= 11 is 1.56. The molecular formula is C15H16N4O2S2. The van der Waals surface area contributed by atoms with Crippen molar-refractivity contribution in [2.75, 3.05) is 4.72 Å². The summed E-state index contributed by atoms with van der Waals surface area (Å²) in [6.07, 6.45) is 1.49. The lowest BCUT2D eigenvalue weighted by Crippen LogP contribution is -2.13. The van der Waals surface area contributed by atoms with Crippen LogP contribution in [0, 0.1) is 13.8 Å². The number of anilines is 1. The van der Waals surface area contributed by atoms with Crippen LogP contribution in [0.25, 0.3) is 11.3 Å². The van der Waals surface area contributed by atoms with Crippen molar-refractivity contribution in [2.24, 2.45) is 7.05 Å². The number of hydrogen-bond donors (Lipinski definition) is 1. The molecule has 0 saturated heterocycles. The van der Waals surface area contributed by atoms with E-state index in [9.17, 15) is 8.42 Å². The number of nitrogens with one attached hydrogen (secondary N) is 1. The molecule has 1 aromatic carbocycles. The number of benzene rings is 1. The smallest absolute Gasteiger partial charge is 0.265 e. The van der Waals surface area contributed by atoms with Crippen LogP contribution in [0.3, 0.4) is 0 Å². The molecule has 3 aromatic rings. The van der Waals surface area contributed by atoms with Crippen LogP contribution >= 0.6 is 11.3 Å². The van der Waals surface area contributed by atoms with E-state index in [0.29, 0.717) is 11.4 Å². The van der Waals surface area contributed by atoms with Gasteiger partial charge in [0.2, 0.25) is 0 Å². The minimum atomic E-state index is -3.67. The van der Waals surface area contributed by atoms with Gasteiger partial charge >= 0.3 is 0 Å². The van der Waals surface area contributed by atoms with Crippen molar-refractivity contribution >= 4 is 27.0 Å². The molecule has 0 amide bonds. The number of aromatic nitrogens is 3. The van der Waals surface area contributed by atoms with E-state index in [1.54, 1.807) is 43.5 Å². The van der Waals surface area contributed by atoms with Gasteiger partial charge in [-0.15, -0.1) is 11.3 Å². The second kappa shape index (κ2) is 5.78. The lowest BCUT2D eigenvalue weighted by molar-refractivity contribution is 0.600. The Balaban J connectivity index is 1.93. The van der Waals surface area contributed by atoms with Gasteiger partial charge in [0.1, 0.15) is 4.90 Å². The highest BCUT2D eigenvalue weighted by Gasteiger charge is 2.20. The van der Waals surface area contributed by atoms with Gasteiger partial charge in [0.15, 0.2) is 0 Å². The average Bonchev–Trinajstić information content (AvgIpc) is 3.05. The molecule has 0 saturated carbocycles. The van der Waals surface area contributed by atoms with E-state index in [0.717, 1.165) is 16.3 Å². The summed E-state index contributed by atoms with van der Waals surface area (Å²) < 4.78 is 29.1.